The van der Waals surface area contributed by atoms with Crippen molar-refractivity contribution in [2.75, 3.05) is 27.9 Å². The Morgan fingerprint density at radius 2 is 1.20 bits per heavy atom. The smallest absolute Gasteiger partial charge is 0.310 e. The van der Waals surface area contributed by atoms with E-state index in [4.69, 9.17) is 4.74 Å². The van der Waals surface area contributed by atoms with E-state index < -0.39 is 42.6 Å². The van der Waals surface area contributed by atoms with Crippen molar-refractivity contribution in [3.8, 4) is 22.8 Å². The zero-order valence-electron chi connectivity index (χ0n) is 33.2. The van der Waals surface area contributed by atoms with Gasteiger partial charge in [0.1, 0.15) is 11.4 Å². The normalized spacial score (nSPS) is 11.0. The van der Waals surface area contributed by atoms with Gasteiger partial charge in [0.2, 0.25) is 0 Å². The lowest BCUT2D eigenvalue weighted by molar-refractivity contribution is -0.146. The highest BCUT2D eigenvalue weighted by Crippen LogP contribution is 2.33. The molecule has 4 amide bonds. The summed E-state index contributed by atoms with van der Waals surface area (Å²) in [5.41, 5.74) is 4.17. The number of para-hydroxylation sites is 2. The number of tetrazole rings is 2. The summed E-state index contributed by atoms with van der Waals surface area (Å²) < 4.78 is 6.91. The molecule has 8 N–H and O–H groups in total. The van der Waals surface area contributed by atoms with E-state index in [-0.39, 0.29) is 22.8 Å². The first-order chi connectivity index (χ1) is 31.6. The number of hydrogen-bond acceptors (Lipinski definition) is 12. The van der Waals surface area contributed by atoms with E-state index in [2.05, 4.69) is 104 Å². The van der Waals surface area contributed by atoms with Crippen molar-refractivity contribution in [2.24, 2.45) is 0 Å². The van der Waals surface area contributed by atoms with Gasteiger partial charge in [-0.25, -0.2) is 10.2 Å². The number of carbonyl (C=O) groups excluding carboxylic acids is 5. The number of ether oxygens (including phenoxy) is 1. The Balaban J connectivity index is 0.927. The monoisotopic (exact) mass is 996 g/mol. The van der Waals surface area contributed by atoms with Crippen LogP contribution in [0.5, 0.6) is 0 Å². The minimum Gasteiger partial charge on any atom is -0.455 e. The number of esters is 1. The fourth-order valence-electron chi connectivity index (χ4n) is 7.01. The van der Waals surface area contributed by atoms with Crippen LogP contribution in [0.1, 0.15) is 36.9 Å². The second-order valence-electron chi connectivity index (χ2n) is 14.2. The van der Waals surface area contributed by atoms with Gasteiger partial charge in [-0.15, -0.1) is 10.2 Å². The molecule has 0 spiro atoms. The highest BCUT2D eigenvalue weighted by Gasteiger charge is 2.25. The highest BCUT2D eigenvalue weighted by atomic mass is 79.9. The zero-order chi connectivity index (χ0) is 45.0. The fraction of sp³-hybridized carbons (Fsp3) is 0.0465. The molecule has 4 heterocycles. The summed E-state index contributed by atoms with van der Waals surface area (Å²) in [6.07, 6.45) is -0.441. The second-order valence-corrected chi connectivity index (χ2v) is 16.0. The van der Waals surface area contributed by atoms with Crippen LogP contribution in [0.2, 0.25) is 0 Å². The largest absolute Gasteiger partial charge is 0.455 e. The van der Waals surface area contributed by atoms with Crippen molar-refractivity contribution in [2.45, 2.75) is 6.42 Å². The second kappa shape index (κ2) is 18.2. The summed E-state index contributed by atoms with van der Waals surface area (Å²) in [4.78, 5) is 73.9. The molecule has 5 aromatic carbocycles. The lowest BCUT2D eigenvalue weighted by Gasteiger charge is -2.11. The van der Waals surface area contributed by atoms with Crippen LogP contribution >= 0.6 is 31.9 Å². The van der Waals surface area contributed by atoms with Gasteiger partial charge in [0.05, 0.1) is 40.2 Å². The van der Waals surface area contributed by atoms with Crippen molar-refractivity contribution in [3.05, 3.63) is 141 Å². The molecule has 0 atom stereocenters. The van der Waals surface area contributed by atoms with Gasteiger partial charge in [0.15, 0.2) is 18.3 Å². The number of carbonyl (C=O) groups is 5. The molecule has 9 aromatic rings. The van der Waals surface area contributed by atoms with Crippen LogP contribution in [0, 0.1) is 0 Å². The Hall–Kier alpha value is -8.37. The average Bonchev–Trinajstić information content (AvgIpc) is 4.16. The SMILES string of the molecule is O=C(COC(=O)Cc1c(C(=O)Nc2ccc(Br)cc2-c2nnn[nH]2)[nH]c2c(NC(=O)c3ccccc3)cccc12)Nc1cccc2cc(C(=O)Nc3ccc(Br)cc3-c3nnn[nH]3)[nH]c12. The molecule has 0 fully saturated rings. The molecule has 4 aromatic heterocycles. The van der Waals surface area contributed by atoms with Crippen molar-refractivity contribution in [3.63, 3.8) is 0 Å². The molecule has 0 saturated heterocycles. The van der Waals surface area contributed by atoms with E-state index >= 15 is 0 Å². The standard InChI is InChI=1S/C43H30Br2N14O6/c44-23-12-14-29(27(17-23)39-52-56-57-53-39)48-42(63)33-16-22-8-4-10-31(36(22)47-33)46-34(60)20-65-35(61)19-26-25-9-5-11-32(50-41(62)21-6-2-1-3-7-21)37(25)51-38(26)43(64)49-30-15-13-24(45)18-28(30)40-54-58-59-55-40/h1-18,47,51H,19-20H2,(H,46,60)(H,48,63)(H,49,64)(H,50,62)(H,52,53,56,57)(H,54,55,58,59). The molecule has 20 nitrogen and oxygen atoms in total. The van der Waals surface area contributed by atoms with Crippen molar-refractivity contribution >= 4 is 106 Å². The van der Waals surface area contributed by atoms with Crippen LogP contribution in [0.25, 0.3) is 44.6 Å². The van der Waals surface area contributed by atoms with Gasteiger partial charge in [-0.05, 0) is 87.6 Å². The molecule has 0 aliphatic carbocycles. The molecular weight excluding hydrogens is 968 g/mol. The van der Waals surface area contributed by atoms with Gasteiger partial charge >= 0.3 is 5.97 Å². The van der Waals surface area contributed by atoms with E-state index in [0.717, 1.165) is 4.47 Å². The number of nitrogens with zero attached hydrogens (tertiary/aromatic N) is 6. The Morgan fingerprint density at radius 3 is 1.85 bits per heavy atom. The van der Waals surface area contributed by atoms with Crippen LogP contribution < -0.4 is 21.3 Å². The number of amides is 4. The maximum Gasteiger partial charge on any atom is 0.310 e. The molecule has 0 saturated carbocycles. The lowest BCUT2D eigenvalue weighted by atomic mass is 10.1. The van der Waals surface area contributed by atoms with E-state index in [9.17, 15) is 24.0 Å². The van der Waals surface area contributed by atoms with Crippen LogP contribution in [0.4, 0.5) is 22.7 Å². The first kappa shape index (κ1) is 42.0. The number of aromatic amines is 4. The molecular formula is C43H30Br2N14O6. The molecule has 0 unspecified atom stereocenters. The summed E-state index contributed by atoms with van der Waals surface area (Å²) >= 11 is 6.87. The molecule has 0 radical (unpaired) electrons. The number of aromatic nitrogens is 10. The van der Waals surface area contributed by atoms with Gasteiger partial charge in [-0.2, -0.15) is 0 Å². The van der Waals surface area contributed by atoms with Gasteiger partial charge in [-0.3, -0.25) is 24.0 Å². The van der Waals surface area contributed by atoms with E-state index in [1.165, 1.54) is 0 Å². The minimum atomic E-state index is -0.823. The van der Waals surface area contributed by atoms with Gasteiger partial charge < -0.3 is 36.0 Å². The third-order valence-electron chi connectivity index (χ3n) is 9.97. The number of H-pyrrole nitrogens is 4. The van der Waals surface area contributed by atoms with Gasteiger partial charge in [-0.1, -0.05) is 74.3 Å². The summed E-state index contributed by atoms with van der Waals surface area (Å²) in [5.74, 6) is -2.34. The molecule has 0 aliphatic heterocycles. The third-order valence-corrected chi connectivity index (χ3v) is 11.0. The van der Waals surface area contributed by atoms with Crippen molar-refractivity contribution in [1.29, 1.82) is 0 Å². The summed E-state index contributed by atoms with van der Waals surface area (Å²) in [6, 6.07) is 30.7. The Kier molecular flexibility index (Phi) is 11.7. The number of fused-ring (bicyclic) bond motifs is 2. The first-order valence-electron chi connectivity index (χ1n) is 19.3. The number of hydrogen-bond donors (Lipinski definition) is 8. The predicted octanol–water partition coefficient (Wildman–Crippen LogP) is 7.02. The van der Waals surface area contributed by atoms with Gasteiger partial charge in [0, 0.05) is 42.0 Å². The topological polar surface area (TPSA) is 283 Å². The summed E-state index contributed by atoms with van der Waals surface area (Å²) in [6.45, 7) is -0.679. The Labute approximate surface area is 382 Å². The minimum absolute atomic E-state index is 0.00280. The van der Waals surface area contributed by atoms with E-state index in [0.29, 0.717) is 71.5 Å². The van der Waals surface area contributed by atoms with Crippen molar-refractivity contribution < 1.29 is 28.7 Å². The van der Waals surface area contributed by atoms with Crippen LogP contribution in [-0.2, 0) is 20.7 Å². The summed E-state index contributed by atoms with van der Waals surface area (Å²) in [5, 5.41) is 40.3. The predicted molar refractivity (Wildman–Crippen MR) is 245 cm³/mol. The summed E-state index contributed by atoms with van der Waals surface area (Å²) in [7, 11) is 0. The molecule has 322 valence electrons. The fourth-order valence-corrected chi connectivity index (χ4v) is 7.74. The van der Waals surface area contributed by atoms with Crippen molar-refractivity contribution in [1.82, 2.24) is 51.2 Å². The first-order valence-corrected chi connectivity index (χ1v) is 20.9. The third kappa shape index (κ3) is 9.10. The number of rotatable bonds is 13. The molecule has 0 bridgehead atoms. The molecule has 22 heteroatoms. The van der Waals surface area contributed by atoms with Crippen LogP contribution in [-0.4, -0.2) is 87.4 Å². The molecule has 0 aliphatic rings. The lowest BCUT2D eigenvalue weighted by Crippen LogP contribution is -2.22. The number of benzene rings is 5. The average molecular weight is 999 g/mol. The van der Waals surface area contributed by atoms with Crippen LogP contribution in [0.3, 0.4) is 0 Å². The molecule has 9 rings (SSSR count). The highest BCUT2D eigenvalue weighted by molar-refractivity contribution is 9.10. The van der Waals surface area contributed by atoms with Gasteiger partial charge in [0.25, 0.3) is 23.6 Å². The number of halogens is 2. The molecule has 65 heavy (non-hydrogen) atoms. The number of anilines is 4. The maximum absolute atomic E-state index is 14.2. The zero-order valence-corrected chi connectivity index (χ0v) is 36.4. The Bertz CT molecular complexity index is 3280. The quantitative estimate of drug-likeness (QED) is 0.0541. The maximum atomic E-state index is 14.2. The number of nitrogens with one attached hydrogen (secondary N) is 8. The Morgan fingerprint density at radius 1 is 0.585 bits per heavy atom. The van der Waals surface area contributed by atoms with E-state index in [1.807, 2.05) is 0 Å². The van der Waals surface area contributed by atoms with E-state index in [1.54, 1.807) is 109 Å². The van der Waals surface area contributed by atoms with Crippen LogP contribution in [0.15, 0.2) is 118 Å².